The highest BCUT2D eigenvalue weighted by Crippen LogP contribution is 2.38. The van der Waals surface area contributed by atoms with Gasteiger partial charge in [-0.3, -0.25) is 9.78 Å². The van der Waals surface area contributed by atoms with Crippen molar-refractivity contribution in [2.45, 2.75) is 51.9 Å². The van der Waals surface area contributed by atoms with E-state index in [0.29, 0.717) is 16.1 Å². The standard InChI is InChI=1S/C26H26N2O5S/c1-2-32-26(31)23-17-9-4-6-13-20(17)34-24(23)28-21(29)14-33-25(30)22-15-8-3-5-11-18(15)27-19-12-7-10-16(19)22/h3,5,8,11H,2,4,6-7,9-10,12-14H2,1H3,(H,28,29). The Morgan fingerprint density at radius 2 is 1.71 bits per heavy atom. The highest BCUT2D eigenvalue weighted by molar-refractivity contribution is 7.17. The molecule has 7 nitrogen and oxygen atoms in total. The van der Waals surface area contributed by atoms with E-state index in [1.54, 1.807) is 6.92 Å². The molecule has 0 spiro atoms. The number of fused-ring (bicyclic) bond motifs is 3. The van der Waals surface area contributed by atoms with E-state index in [1.807, 2.05) is 24.3 Å². The molecule has 1 N–H and O–H groups in total. The number of amides is 1. The minimum atomic E-state index is -0.525. The Morgan fingerprint density at radius 1 is 0.941 bits per heavy atom. The molecule has 0 saturated carbocycles. The zero-order valence-corrected chi connectivity index (χ0v) is 19.9. The summed E-state index contributed by atoms with van der Waals surface area (Å²) in [6.45, 7) is 1.59. The van der Waals surface area contributed by atoms with Crippen LogP contribution in [0.2, 0.25) is 0 Å². The summed E-state index contributed by atoms with van der Waals surface area (Å²) in [5.41, 5.74) is 4.52. The second-order valence-corrected chi connectivity index (χ2v) is 9.65. The van der Waals surface area contributed by atoms with Gasteiger partial charge in [0.1, 0.15) is 5.00 Å². The smallest absolute Gasteiger partial charge is 0.341 e. The van der Waals surface area contributed by atoms with Crippen molar-refractivity contribution in [1.29, 1.82) is 0 Å². The Labute approximate surface area is 201 Å². The first kappa shape index (κ1) is 22.5. The van der Waals surface area contributed by atoms with Crippen molar-refractivity contribution < 1.29 is 23.9 Å². The van der Waals surface area contributed by atoms with Crippen molar-refractivity contribution in [2.24, 2.45) is 0 Å². The monoisotopic (exact) mass is 478 g/mol. The van der Waals surface area contributed by atoms with Gasteiger partial charge in [-0.15, -0.1) is 11.3 Å². The van der Waals surface area contributed by atoms with Gasteiger partial charge in [0.05, 0.1) is 23.3 Å². The Kier molecular flexibility index (Phi) is 6.32. The predicted octanol–water partition coefficient (Wildman–Crippen LogP) is 4.64. The average Bonchev–Trinajstić information content (AvgIpc) is 3.45. The van der Waals surface area contributed by atoms with Gasteiger partial charge < -0.3 is 14.8 Å². The number of anilines is 1. The topological polar surface area (TPSA) is 94.6 Å². The third-order valence-corrected chi connectivity index (χ3v) is 7.57. The fraction of sp³-hybridized carbons (Fsp3) is 0.385. The number of carbonyl (C=O) groups is 3. The molecular formula is C26H26N2O5S. The van der Waals surface area contributed by atoms with Crippen LogP contribution in [0.3, 0.4) is 0 Å². The number of rotatable bonds is 6. The summed E-state index contributed by atoms with van der Waals surface area (Å²) >= 11 is 1.41. The van der Waals surface area contributed by atoms with Crippen molar-refractivity contribution in [3.05, 3.63) is 57.1 Å². The fourth-order valence-electron chi connectivity index (χ4n) is 4.88. The molecule has 3 aromatic rings. The lowest BCUT2D eigenvalue weighted by molar-refractivity contribution is -0.119. The van der Waals surface area contributed by atoms with Crippen molar-refractivity contribution in [2.75, 3.05) is 18.5 Å². The van der Waals surface area contributed by atoms with Crippen LogP contribution in [0.5, 0.6) is 0 Å². The molecule has 0 radical (unpaired) electrons. The van der Waals surface area contributed by atoms with Gasteiger partial charge in [-0.05, 0) is 69.1 Å². The molecule has 2 heterocycles. The summed E-state index contributed by atoms with van der Waals surface area (Å²) < 4.78 is 10.7. The normalized spacial score (nSPS) is 14.4. The Balaban J connectivity index is 1.34. The van der Waals surface area contributed by atoms with Crippen LogP contribution >= 0.6 is 11.3 Å². The minimum Gasteiger partial charge on any atom is -0.462 e. The molecule has 5 rings (SSSR count). The van der Waals surface area contributed by atoms with Crippen LogP contribution in [0.4, 0.5) is 5.00 Å². The first-order chi connectivity index (χ1) is 16.6. The maximum Gasteiger partial charge on any atom is 0.341 e. The van der Waals surface area contributed by atoms with Gasteiger partial charge in [0.2, 0.25) is 0 Å². The number of carbonyl (C=O) groups excluding carboxylic acids is 3. The van der Waals surface area contributed by atoms with Crippen molar-refractivity contribution in [3.8, 4) is 0 Å². The van der Waals surface area contributed by atoms with Crippen molar-refractivity contribution >= 4 is 45.1 Å². The quantitative estimate of drug-likeness (QED) is 0.519. The third-order valence-electron chi connectivity index (χ3n) is 6.36. The predicted molar refractivity (Wildman–Crippen MR) is 130 cm³/mol. The summed E-state index contributed by atoms with van der Waals surface area (Å²) in [5, 5.41) is 4.01. The number of aryl methyl sites for hydroxylation is 2. The van der Waals surface area contributed by atoms with E-state index in [2.05, 4.69) is 5.32 Å². The molecule has 0 unspecified atom stereocenters. The SMILES string of the molecule is CCOC(=O)c1c(NC(=O)COC(=O)c2c3c(nc4ccccc24)CCC3)sc2c1CCCC2. The lowest BCUT2D eigenvalue weighted by Gasteiger charge is -2.13. The first-order valence-electron chi connectivity index (χ1n) is 11.8. The minimum absolute atomic E-state index is 0.263. The molecule has 1 amide bonds. The molecular weight excluding hydrogens is 452 g/mol. The molecule has 0 aliphatic heterocycles. The van der Waals surface area contributed by atoms with Crippen LogP contribution in [-0.2, 0) is 40.0 Å². The third kappa shape index (κ3) is 4.18. The maximum atomic E-state index is 13.1. The van der Waals surface area contributed by atoms with Gasteiger partial charge in [0, 0.05) is 16.0 Å². The Bertz CT molecular complexity index is 1300. The van der Waals surface area contributed by atoms with E-state index >= 15 is 0 Å². The van der Waals surface area contributed by atoms with Crippen LogP contribution in [0.25, 0.3) is 10.9 Å². The lowest BCUT2D eigenvalue weighted by Crippen LogP contribution is -2.22. The fourth-order valence-corrected chi connectivity index (χ4v) is 6.18. The number of pyridine rings is 1. The Morgan fingerprint density at radius 3 is 2.56 bits per heavy atom. The van der Waals surface area contributed by atoms with E-state index in [1.165, 1.54) is 11.3 Å². The zero-order chi connectivity index (χ0) is 23.7. The van der Waals surface area contributed by atoms with Gasteiger partial charge in [0.25, 0.3) is 5.91 Å². The molecule has 0 bridgehead atoms. The van der Waals surface area contributed by atoms with Crippen LogP contribution in [0.1, 0.15) is 68.6 Å². The van der Waals surface area contributed by atoms with E-state index in [4.69, 9.17) is 14.5 Å². The van der Waals surface area contributed by atoms with Gasteiger partial charge in [-0.1, -0.05) is 18.2 Å². The highest BCUT2D eigenvalue weighted by Gasteiger charge is 2.28. The number of para-hydroxylation sites is 1. The summed E-state index contributed by atoms with van der Waals surface area (Å²) in [4.78, 5) is 44.2. The molecule has 34 heavy (non-hydrogen) atoms. The number of nitrogens with zero attached hydrogens (tertiary/aromatic N) is 1. The molecule has 2 aliphatic rings. The summed E-state index contributed by atoms with van der Waals surface area (Å²) in [6.07, 6.45) is 6.30. The van der Waals surface area contributed by atoms with Gasteiger partial charge in [-0.2, -0.15) is 0 Å². The van der Waals surface area contributed by atoms with E-state index < -0.39 is 24.5 Å². The van der Waals surface area contributed by atoms with Crippen LogP contribution in [-0.4, -0.2) is 36.0 Å². The number of nitrogens with one attached hydrogen (secondary N) is 1. The maximum absolute atomic E-state index is 13.1. The molecule has 0 fully saturated rings. The summed E-state index contributed by atoms with van der Waals surface area (Å²) in [7, 11) is 0. The molecule has 0 saturated heterocycles. The van der Waals surface area contributed by atoms with Crippen molar-refractivity contribution in [1.82, 2.24) is 4.98 Å². The number of esters is 2. The molecule has 176 valence electrons. The molecule has 8 heteroatoms. The van der Waals surface area contributed by atoms with Gasteiger partial charge in [-0.25, -0.2) is 9.59 Å². The second kappa shape index (κ2) is 9.54. The highest BCUT2D eigenvalue weighted by atomic mass is 32.1. The van der Waals surface area contributed by atoms with Crippen LogP contribution in [0, 0.1) is 0 Å². The molecule has 1 aromatic carbocycles. The number of benzene rings is 1. The molecule has 0 atom stereocenters. The lowest BCUT2D eigenvalue weighted by atomic mass is 9.95. The molecule has 2 aromatic heterocycles. The number of aromatic nitrogens is 1. The van der Waals surface area contributed by atoms with Gasteiger partial charge in [0.15, 0.2) is 6.61 Å². The number of thiophene rings is 1. The summed E-state index contributed by atoms with van der Waals surface area (Å²) in [6, 6.07) is 7.50. The largest absolute Gasteiger partial charge is 0.462 e. The van der Waals surface area contributed by atoms with E-state index in [9.17, 15) is 14.4 Å². The van der Waals surface area contributed by atoms with Crippen LogP contribution in [0.15, 0.2) is 24.3 Å². The van der Waals surface area contributed by atoms with Crippen LogP contribution < -0.4 is 5.32 Å². The second-order valence-electron chi connectivity index (χ2n) is 8.54. The first-order valence-corrected chi connectivity index (χ1v) is 12.6. The number of ether oxygens (including phenoxy) is 2. The van der Waals surface area contributed by atoms with Crippen molar-refractivity contribution in [3.63, 3.8) is 0 Å². The average molecular weight is 479 g/mol. The zero-order valence-electron chi connectivity index (χ0n) is 19.1. The Hall–Kier alpha value is -3.26. The van der Waals surface area contributed by atoms with E-state index in [-0.39, 0.29) is 6.61 Å². The number of hydrogen-bond acceptors (Lipinski definition) is 7. The van der Waals surface area contributed by atoms with Gasteiger partial charge >= 0.3 is 11.9 Å². The summed E-state index contributed by atoms with van der Waals surface area (Å²) in [5.74, 6) is -1.43. The van der Waals surface area contributed by atoms with E-state index in [0.717, 1.165) is 77.5 Å². The molecule has 2 aliphatic carbocycles. The number of hydrogen-bond donors (Lipinski definition) is 1.